The smallest absolute Gasteiger partial charge is 0.308 e. The highest BCUT2D eigenvalue weighted by Crippen LogP contribution is 2.36. The van der Waals surface area contributed by atoms with Gasteiger partial charge in [0, 0.05) is 29.1 Å². The molecule has 4 rings (SSSR count). The van der Waals surface area contributed by atoms with E-state index in [9.17, 15) is 9.59 Å². The molecule has 202 valence electrons. The van der Waals surface area contributed by atoms with Gasteiger partial charge >= 0.3 is 5.97 Å². The summed E-state index contributed by atoms with van der Waals surface area (Å²) in [6, 6.07) is 14.2. The number of ether oxygens (including phenoxy) is 3. The minimum Gasteiger partial charge on any atom is -0.494 e. The van der Waals surface area contributed by atoms with E-state index >= 15 is 0 Å². The van der Waals surface area contributed by atoms with E-state index in [1.54, 1.807) is 24.3 Å². The van der Waals surface area contributed by atoms with Crippen LogP contribution in [0.4, 0.5) is 0 Å². The number of para-hydroxylation sites is 1. The Kier molecular flexibility index (Phi) is 8.35. The summed E-state index contributed by atoms with van der Waals surface area (Å²) in [5.41, 5.74) is 3.16. The number of aromatic nitrogens is 2. The average Bonchev–Trinajstić information content (AvgIpc) is 2.89. The lowest BCUT2D eigenvalue weighted by molar-refractivity contribution is -0.132. The zero-order chi connectivity index (χ0) is 28.3. The highest BCUT2D eigenvalue weighted by molar-refractivity contribution is 6.31. The average molecular weight is 548 g/mol. The maximum Gasteiger partial charge on any atom is 0.308 e. The first-order valence-electron chi connectivity index (χ1n) is 12.5. The number of halogens is 1. The Morgan fingerprint density at radius 2 is 1.90 bits per heavy atom. The first-order valence-corrected chi connectivity index (χ1v) is 12.9. The number of carbonyl (C=O) groups excluding carboxylic acids is 1. The van der Waals surface area contributed by atoms with Crippen LogP contribution < -0.4 is 19.8 Å². The van der Waals surface area contributed by atoms with Crippen molar-refractivity contribution in [3.63, 3.8) is 0 Å². The zero-order valence-electron chi connectivity index (χ0n) is 22.7. The predicted molar refractivity (Wildman–Crippen MR) is 154 cm³/mol. The van der Waals surface area contributed by atoms with Gasteiger partial charge in [0.1, 0.15) is 5.75 Å². The van der Waals surface area contributed by atoms with E-state index in [1.807, 2.05) is 32.0 Å². The number of methoxy groups -OCH3 is 1. The lowest BCUT2D eigenvalue weighted by Gasteiger charge is -2.18. The number of fused-ring (bicyclic) bond motifs is 1. The van der Waals surface area contributed by atoms with Crippen LogP contribution in [-0.2, 0) is 4.79 Å². The summed E-state index contributed by atoms with van der Waals surface area (Å²) in [4.78, 5) is 30.4. The van der Waals surface area contributed by atoms with E-state index in [-0.39, 0.29) is 23.0 Å². The van der Waals surface area contributed by atoms with Crippen LogP contribution >= 0.6 is 11.6 Å². The summed E-state index contributed by atoms with van der Waals surface area (Å²) in [5.74, 6) is 1.18. The first-order chi connectivity index (χ1) is 18.6. The maximum atomic E-state index is 13.7. The number of rotatable bonds is 8. The molecule has 0 aliphatic carbocycles. The molecule has 0 spiro atoms. The van der Waals surface area contributed by atoms with Gasteiger partial charge in [0.2, 0.25) is 0 Å². The molecule has 9 heteroatoms. The molecular weight excluding hydrogens is 518 g/mol. The summed E-state index contributed by atoms with van der Waals surface area (Å²) in [7, 11) is 1.44. The zero-order valence-corrected chi connectivity index (χ0v) is 23.5. The Morgan fingerprint density at radius 1 is 1.15 bits per heavy atom. The van der Waals surface area contributed by atoms with Crippen LogP contribution in [0.2, 0.25) is 5.02 Å². The molecule has 0 N–H and O–H groups in total. The monoisotopic (exact) mass is 547 g/mol. The highest BCUT2D eigenvalue weighted by Gasteiger charge is 2.19. The van der Waals surface area contributed by atoms with Crippen LogP contribution in [-0.4, -0.2) is 35.6 Å². The molecule has 0 saturated carbocycles. The molecule has 39 heavy (non-hydrogen) atoms. The fourth-order valence-corrected chi connectivity index (χ4v) is 4.50. The second-order valence-electron chi connectivity index (χ2n) is 9.23. The Bertz CT molecular complexity index is 1640. The van der Waals surface area contributed by atoms with E-state index < -0.39 is 5.97 Å². The topological polar surface area (TPSA) is 92.0 Å². The van der Waals surface area contributed by atoms with Crippen LogP contribution in [0.5, 0.6) is 17.2 Å². The van der Waals surface area contributed by atoms with Gasteiger partial charge in [-0.15, -0.1) is 0 Å². The van der Waals surface area contributed by atoms with Crippen molar-refractivity contribution < 1.29 is 19.0 Å². The maximum absolute atomic E-state index is 13.7. The van der Waals surface area contributed by atoms with Crippen LogP contribution in [0.25, 0.3) is 22.3 Å². The number of hydrogen-bond acceptors (Lipinski definition) is 7. The van der Waals surface area contributed by atoms with Crippen LogP contribution in [0.3, 0.4) is 0 Å². The van der Waals surface area contributed by atoms with Crippen molar-refractivity contribution in [2.45, 2.75) is 40.5 Å². The van der Waals surface area contributed by atoms with Gasteiger partial charge in [0.15, 0.2) is 17.3 Å². The van der Waals surface area contributed by atoms with Gasteiger partial charge in [-0.2, -0.15) is 9.78 Å². The third kappa shape index (κ3) is 5.81. The molecule has 0 bridgehead atoms. The largest absolute Gasteiger partial charge is 0.494 e. The molecule has 0 saturated heterocycles. The molecule has 1 heterocycles. The number of hydrogen-bond donors (Lipinski definition) is 0. The molecule has 4 aromatic rings. The first kappa shape index (κ1) is 27.9. The van der Waals surface area contributed by atoms with Crippen molar-refractivity contribution in [3.8, 4) is 28.6 Å². The van der Waals surface area contributed by atoms with Crippen LogP contribution in [0.15, 0.2) is 58.4 Å². The summed E-state index contributed by atoms with van der Waals surface area (Å²) in [6.45, 7) is 9.87. The van der Waals surface area contributed by atoms with E-state index in [0.717, 1.165) is 22.4 Å². The van der Waals surface area contributed by atoms with Gasteiger partial charge in [0.25, 0.3) is 5.56 Å². The molecule has 0 atom stereocenters. The van der Waals surface area contributed by atoms with Crippen molar-refractivity contribution >= 4 is 34.7 Å². The second kappa shape index (κ2) is 11.7. The van der Waals surface area contributed by atoms with Gasteiger partial charge < -0.3 is 14.2 Å². The molecule has 0 radical (unpaired) electrons. The molecule has 1 aromatic heterocycles. The standard InChI is InChI=1S/C30H30ClN3O5/c1-7-38-26-12-18(4)24(15-23(26)17(2)3)29-33-25-11-9-8-10-22(25)30(36)34(29)32-16-20-13-21(31)14-27(37-6)28(20)39-19(5)35/h8-17H,7H2,1-6H3. The molecule has 8 nitrogen and oxygen atoms in total. The van der Waals surface area contributed by atoms with Gasteiger partial charge in [-0.3, -0.25) is 9.59 Å². The predicted octanol–water partition coefficient (Wildman–Crippen LogP) is 6.36. The van der Waals surface area contributed by atoms with Crippen molar-refractivity contribution in [2.75, 3.05) is 13.7 Å². The number of aryl methyl sites for hydroxylation is 1. The molecule has 0 aliphatic rings. The normalized spacial score (nSPS) is 11.4. The Balaban J connectivity index is 2.00. The van der Waals surface area contributed by atoms with Gasteiger partial charge in [-0.05, 0) is 61.2 Å². The van der Waals surface area contributed by atoms with Crippen molar-refractivity contribution in [1.82, 2.24) is 9.66 Å². The fourth-order valence-electron chi connectivity index (χ4n) is 4.29. The molecule has 0 fully saturated rings. The summed E-state index contributed by atoms with van der Waals surface area (Å²) >= 11 is 6.29. The minimum absolute atomic E-state index is 0.140. The highest BCUT2D eigenvalue weighted by atomic mass is 35.5. The lowest BCUT2D eigenvalue weighted by Crippen LogP contribution is -2.21. The van der Waals surface area contributed by atoms with Gasteiger partial charge in [-0.25, -0.2) is 4.98 Å². The van der Waals surface area contributed by atoms with Crippen molar-refractivity contribution in [1.29, 1.82) is 0 Å². The quantitative estimate of drug-likeness (QED) is 0.145. The third-order valence-corrected chi connectivity index (χ3v) is 6.32. The van der Waals surface area contributed by atoms with Gasteiger partial charge in [-0.1, -0.05) is 37.6 Å². The summed E-state index contributed by atoms with van der Waals surface area (Å²) < 4.78 is 17.9. The minimum atomic E-state index is -0.540. The Morgan fingerprint density at radius 3 is 2.56 bits per heavy atom. The molecule has 0 unspecified atom stereocenters. The molecular formula is C30H30ClN3O5. The van der Waals surface area contributed by atoms with Crippen molar-refractivity contribution in [2.24, 2.45) is 5.10 Å². The number of carbonyl (C=O) groups is 1. The Hall–Kier alpha value is -4.17. The molecule has 0 aliphatic heterocycles. The second-order valence-corrected chi connectivity index (χ2v) is 9.66. The van der Waals surface area contributed by atoms with E-state index in [1.165, 1.54) is 31.0 Å². The van der Waals surface area contributed by atoms with Crippen molar-refractivity contribution in [3.05, 3.63) is 80.6 Å². The number of nitrogens with zero attached hydrogens (tertiary/aromatic N) is 3. The fraction of sp³-hybridized carbons (Fsp3) is 0.267. The lowest BCUT2D eigenvalue weighted by atomic mass is 9.96. The Labute approximate surface area is 231 Å². The third-order valence-electron chi connectivity index (χ3n) is 6.10. The number of esters is 1. The molecule has 0 amide bonds. The van der Waals surface area contributed by atoms with Crippen LogP contribution in [0.1, 0.15) is 50.3 Å². The number of benzene rings is 3. The summed E-state index contributed by atoms with van der Waals surface area (Å²) in [5, 5.41) is 5.30. The van der Waals surface area contributed by atoms with E-state index in [0.29, 0.717) is 33.9 Å². The van der Waals surface area contributed by atoms with E-state index in [4.69, 9.17) is 30.8 Å². The SMILES string of the molecule is CCOc1cc(C)c(-c2nc3ccccc3c(=O)n2N=Cc2cc(Cl)cc(OC)c2OC(C)=O)cc1C(C)C. The molecule has 3 aromatic carbocycles. The van der Waals surface area contributed by atoms with Crippen LogP contribution in [0, 0.1) is 6.92 Å². The summed E-state index contributed by atoms with van der Waals surface area (Å²) in [6.07, 6.45) is 1.40. The van der Waals surface area contributed by atoms with E-state index in [2.05, 4.69) is 18.9 Å². The van der Waals surface area contributed by atoms with Gasteiger partial charge in [0.05, 0.1) is 30.8 Å².